The summed E-state index contributed by atoms with van der Waals surface area (Å²) in [7, 11) is 0. The number of quaternary nitrogens is 1. The molecule has 0 aromatic rings. The van der Waals surface area contributed by atoms with Gasteiger partial charge in [0.2, 0.25) is 0 Å². The van der Waals surface area contributed by atoms with E-state index in [-0.39, 0.29) is 12.4 Å². The summed E-state index contributed by atoms with van der Waals surface area (Å²) in [6, 6.07) is 0. The van der Waals surface area contributed by atoms with Gasteiger partial charge in [-0.15, -0.1) is 0 Å². The molecule has 1 aliphatic heterocycles. The van der Waals surface area contributed by atoms with Crippen molar-refractivity contribution < 1.29 is 17.3 Å². The van der Waals surface area contributed by atoms with Gasteiger partial charge < -0.3 is 17.3 Å². The molecule has 1 heterocycles. The van der Waals surface area contributed by atoms with E-state index in [1.165, 1.54) is 96.7 Å². The quantitative estimate of drug-likeness (QED) is 0.517. The van der Waals surface area contributed by atoms with Gasteiger partial charge in [0.1, 0.15) is 0 Å². The molecule has 1 saturated heterocycles. The van der Waals surface area contributed by atoms with E-state index < -0.39 is 0 Å². The Balaban J connectivity index is 0.00000361. The SMILES string of the molecule is CCCCCCCC1CC[NH+](CCCCCCC)C1.[Cl-]. The summed E-state index contributed by atoms with van der Waals surface area (Å²) in [6.07, 6.45) is 17.5. The van der Waals surface area contributed by atoms with Crippen molar-refractivity contribution in [3.63, 3.8) is 0 Å². The van der Waals surface area contributed by atoms with Crippen LogP contribution >= 0.6 is 0 Å². The van der Waals surface area contributed by atoms with Crippen LogP contribution in [-0.2, 0) is 0 Å². The van der Waals surface area contributed by atoms with Crippen LogP contribution in [0.3, 0.4) is 0 Å². The van der Waals surface area contributed by atoms with Crippen LogP contribution in [0.25, 0.3) is 0 Å². The predicted octanol–water partition coefficient (Wildman–Crippen LogP) is 1.23. The second-order valence-electron chi connectivity index (χ2n) is 6.73. The standard InChI is InChI=1S/C18H37N.ClH/c1-3-5-7-9-11-13-18-14-16-19(17-18)15-12-10-8-6-4-2;/h18H,3-17H2,1-2H3;1H. The van der Waals surface area contributed by atoms with Crippen molar-refractivity contribution in [2.75, 3.05) is 19.6 Å². The predicted molar refractivity (Wildman–Crippen MR) is 85.8 cm³/mol. The van der Waals surface area contributed by atoms with Crippen molar-refractivity contribution >= 4 is 0 Å². The number of hydrogen-bond acceptors (Lipinski definition) is 0. The first-order valence-corrected chi connectivity index (χ1v) is 9.20. The lowest BCUT2D eigenvalue weighted by molar-refractivity contribution is -0.889. The molecule has 2 atom stereocenters. The van der Waals surface area contributed by atoms with E-state index in [1.54, 1.807) is 0 Å². The van der Waals surface area contributed by atoms with Gasteiger partial charge in [-0.05, 0) is 19.3 Å². The van der Waals surface area contributed by atoms with Gasteiger partial charge in [0.15, 0.2) is 0 Å². The Morgan fingerprint density at radius 3 is 2.05 bits per heavy atom. The van der Waals surface area contributed by atoms with Crippen LogP contribution in [0.4, 0.5) is 0 Å². The second-order valence-corrected chi connectivity index (χ2v) is 6.73. The lowest BCUT2D eigenvalue weighted by Crippen LogP contribution is -3.10. The third-order valence-electron chi connectivity index (χ3n) is 4.83. The van der Waals surface area contributed by atoms with Gasteiger partial charge in [0.05, 0.1) is 19.6 Å². The van der Waals surface area contributed by atoms with Crippen molar-refractivity contribution in [2.24, 2.45) is 5.92 Å². The number of unbranched alkanes of at least 4 members (excludes halogenated alkanes) is 8. The number of likely N-dealkylation sites (tertiary alicyclic amines) is 1. The monoisotopic (exact) mass is 303 g/mol. The van der Waals surface area contributed by atoms with Gasteiger partial charge in [-0.25, -0.2) is 0 Å². The molecule has 0 aromatic carbocycles. The summed E-state index contributed by atoms with van der Waals surface area (Å²) in [6.45, 7) is 9.01. The van der Waals surface area contributed by atoms with Gasteiger partial charge in [-0.2, -0.15) is 0 Å². The van der Waals surface area contributed by atoms with Crippen molar-refractivity contribution in [2.45, 2.75) is 90.9 Å². The molecule has 1 N–H and O–H groups in total. The molecule has 0 saturated carbocycles. The summed E-state index contributed by atoms with van der Waals surface area (Å²) in [5, 5.41) is 0. The zero-order valence-electron chi connectivity index (χ0n) is 14.1. The minimum Gasteiger partial charge on any atom is -1.00 e. The van der Waals surface area contributed by atoms with E-state index in [1.807, 2.05) is 4.90 Å². The maximum atomic E-state index is 2.30. The van der Waals surface area contributed by atoms with Crippen LogP contribution in [0.5, 0.6) is 0 Å². The maximum absolute atomic E-state index is 2.30. The van der Waals surface area contributed by atoms with Gasteiger partial charge in [0, 0.05) is 12.3 Å². The largest absolute Gasteiger partial charge is 1.00 e. The number of halogens is 1. The van der Waals surface area contributed by atoms with Crippen molar-refractivity contribution in [1.29, 1.82) is 0 Å². The minimum absolute atomic E-state index is 0. The Morgan fingerprint density at radius 1 is 0.800 bits per heavy atom. The summed E-state index contributed by atoms with van der Waals surface area (Å²) >= 11 is 0. The van der Waals surface area contributed by atoms with Crippen LogP contribution < -0.4 is 17.3 Å². The lowest BCUT2D eigenvalue weighted by atomic mass is 10.00. The topological polar surface area (TPSA) is 4.44 Å². The highest BCUT2D eigenvalue weighted by Gasteiger charge is 2.24. The van der Waals surface area contributed by atoms with Crippen molar-refractivity contribution in [3.05, 3.63) is 0 Å². The minimum atomic E-state index is 0. The first-order valence-electron chi connectivity index (χ1n) is 9.20. The van der Waals surface area contributed by atoms with Crippen LogP contribution in [0.1, 0.15) is 90.9 Å². The third kappa shape index (κ3) is 10.0. The average molecular weight is 304 g/mol. The molecule has 1 fully saturated rings. The smallest absolute Gasteiger partial charge is 0.0801 e. The molecule has 20 heavy (non-hydrogen) atoms. The molecule has 0 amide bonds. The van der Waals surface area contributed by atoms with E-state index in [0.717, 1.165) is 5.92 Å². The molecule has 1 aliphatic rings. The Hall–Kier alpha value is 0.250. The highest BCUT2D eigenvalue weighted by atomic mass is 35.5. The van der Waals surface area contributed by atoms with E-state index in [9.17, 15) is 0 Å². The van der Waals surface area contributed by atoms with E-state index in [4.69, 9.17) is 0 Å². The van der Waals surface area contributed by atoms with Gasteiger partial charge in [-0.1, -0.05) is 65.2 Å². The molecular weight excluding hydrogens is 266 g/mol. The summed E-state index contributed by atoms with van der Waals surface area (Å²) in [4.78, 5) is 1.91. The fourth-order valence-corrected chi connectivity index (χ4v) is 3.51. The fourth-order valence-electron chi connectivity index (χ4n) is 3.51. The molecule has 1 nitrogen and oxygen atoms in total. The van der Waals surface area contributed by atoms with Crippen LogP contribution in [-0.4, -0.2) is 19.6 Å². The molecule has 1 rings (SSSR count). The summed E-state index contributed by atoms with van der Waals surface area (Å²) < 4.78 is 0. The number of nitrogens with one attached hydrogen (secondary N) is 1. The number of hydrogen-bond donors (Lipinski definition) is 1. The van der Waals surface area contributed by atoms with Crippen LogP contribution in [0, 0.1) is 5.92 Å². The summed E-state index contributed by atoms with van der Waals surface area (Å²) in [5.74, 6) is 1.06. The zero-order chi connectivity index (χ0) is 13.8. The highest BCUT2D eigenvalue weighted by molar-refractivity contribution is 4.63. The van der Waals surface area contributed by atoms with Crippen molar-refractivity contribution in [1.82, 2.24) is 0 Å². The molecule has 0 aromatic heterocycles. The van der Waals surface area contributed by atoms with Crippen LogP contribution in [0.2, 0.25) is 0 Å². The van der Waals surface area contributed by atoms with E-state index >= 15 is 0 Å². The Labute approximate surface area is 134 Å². The molecule has 2 heteroatoms. The Kier molecular flexibility index (Phi) is 14.4. The molecular formula is C18H38ClN. The Morgan fingerprint density at radius 2 is 1.40 bits per heavy atom. The molecule has 0 bridgehead atoms. The molecule has 122 valence electrons. The molecule has 0 spiro atoms. The number of rotatable bonds is 12. The fraction of sp³-hybridized carbons (Fsp3) is 1.00. The van der Waals surface area contributed by atoms with Gasteiger partial charge in [0.25, 0.3) is 0 Å². The first-order chi connectivity index (χ1) is 9.36. The van der Waals surface area contributed by atoms with Crippen LogP contribution in [0.15, 0.2) is 0 Å². The van der Waals surface area contributed by atoms with Gasteiger partial charge >= 0.3 is 0 Å². The first kappa shape index (κ1) is 20.2. The van der Waals surface area contributed by atoms with E-state index in [0.29, 0.717) is 0 Å². The maximum Gasteiger partial charge on any atom is 0.0801 e. The normalized spacial score (nSPS) is 21.9. The third-order valence-corrected chi connectivity index (χ3v) is 4.83. The lowest BCUT2D eigenvalue weighted by Gasteiger charge is -2.13. The Bertz CT molecular complexity index is 176. The average Bonchev–Trinajstić information content (AvgIpc) is 2.86. The van der Waals surface area contributed by atoms with Crippen molar-refractivity contribution in [3.8, 4) is 0 Å². The highest BCUT2D eigenvalue weighted by Crippen LogP contribution is 2.15. The zero-order valence-corrected chi connectivity index (χ0v) is 14.8. The molecule has 0 aliphatic carbocycles. The van der Waals surface area contributed by atoms with Gasteiger partial charge in [-0.3, -0.25) is 0 Å². The summed E-state index contributed by atoms with van der Waals surface area (Å²) in [5.41, 5.74) is 0. The second kappa shape index (κ2) is 14.2. The molecule has 0 radical (unpaired) electrons. The molecule has 2 unspecified atom stereocenters. The van der Waals surface area contributed by atoms with E-state index in [2.05, 4.69) is 13.8 Å².